The van der Waals surface area contributed by atoms with Crippen molar-refractivity contribution in [1.29, 1.82) is 5.41 Å². The summed E-state index contributed by atoms with van der Waals surface area (Å²) in [5, 5.41) is 25.0. The number of anilines is 1. The molecule has 0 aromatic heterocycles. The highest BCUT2D eigenvalue weighted by Gasteiger charge is 2.24. The summed E-state index contributed by atoms with van der Waals surface area (Å²) in [5.74, 6) is -2.36. The number of nitrogens with zero attached hydrogens (tertiary/aromatic N) is 1. The zero-order valence-electron chi connectivity index (χ0n) is 19.3. The lowest BCUT2D eigenvalue weighted by Crippen LogP contribution is -2.42. The van der Waals surface area contributed by atoms with Crippen LogP contribution < -0.4 is 21.7 Å². The number of amidine groups is 2. The van der Waals surface area contributed by atoms with Crippen LogP contribution in [-0.4, -0.2) is 59.9 Å². The van der Waals surface area contributed by atoms with E-state index in [1.165, 1.54) is 24.3 Å². The van der Waals surface area contributed by atoms with Gasteiger partial charge in [0.05, 0.1) is 19.6 Å². The Bertz CT molecular complexity index is 1050. The van der Waals surface area contributed by atoms with Crippen LogP contribution >= 0.6 is 0 Å². The number of ether oxygens (including phenoxy) is 2. The highest BCUT2D eigenvalue weighted by Crippen LogP contribution is 2.14. The molecule has 13 nitrogen and oxygen atoms in total. The smallest absolute Gasteiger partial charge is 0.328 e. The Hall–Kier alpha value is -4.42. The van der Waals surface area contributed by atoms with Crippen molar-refractivity contribution in [2.24, 2.45) is 10.7 Å². The number of esters is 2. The van der Waals surface area contributed by atoms with Gasteiger partial charge in [-0.25, -0.2) is 14.6 Å². The summed E-state index contributed by atoms with van der Waals surface area (Å²) in [6, 6.07) is 3.95. The van der Waals surface area contributed by atoms with Gasteiger partial charge in [-0.05, 0) is 44.5 Å². The van der Waals surface area contributed by atoms with Crippen LogP contribution in [0.5, 0.6) is 0 Å². The van der Waals surface area contributed by atoms with Gasteiger partial charge in [0, 0.05) is 17.7 Å². The number of hydrogen-bond acceptors (Lipinski definition) is 9. The van der Waals surface area contributed by atoms with E-state index in [1.807, 2.05) is 0 Å². The molecule has 0 aliphatic carbocycles. The van der Waals surface area contributed by atoms with E-state index in [1.54, 1.807) is 13.8 Å². The lowest BCUT2D eigenvalue weighted by molar-refractivity contribution is -0.146. The highest BCUT2D eigenvalue weighted by molar-refractivity contribution is 6.10. The quantitative estimate of drug-likeness (QED) is 0.264. The first kappa shape index (κ1) is 26.8. The van der Waals surface area contributed by atoms with Gasteiger partial charge >= 0.3 is 18.0 Å². The molecule has 0 spiro atoms. The Labute approximate surface area is 201 Å². The van der Waals surface area contributed by atoms with Crippen molar-refractivity contribution >= 4 is 41.2 Å². The fraction of sp³-hybridized carbons (Fsp3) is 0.364. The molecule has 7 N–H and O–H groups in total. The first-order valence-electron chi connectivity index (χ1n) is 10.8. The van der Waals surface area contributed by atoms with Crippen LogP contribution in [0.4, 0.5) is 10.5 Å². The maximum absolute atomic E-state index is 12.6. The molecule has 1 aliphatic rings. The summed E-state index contributed by atoms with van der Waals surface area (Å²) in [4.78, 5) is 52.3. The molecule has 1 aliphatic heterocycles. The number of benzene rings is 1. The van der Waals surface area contributed by atoms with Gasteiger partial charge in [-0.15, -0.1) is 0 Å². The van der Waals surface area contributed by atoms with Gasteiger partial charge in [-0.1, -0.05) is 0 Å². The number of aliphatic hydroxyl groups excluding tert-OH is 1. The fourth-order valence-electron chi connectivity index (χ4n) is 2.98. The van der Waals surface area contributed by atoms with Crippen molar-refractivity contribution in [3.05, 3.63) is 41.3 Å². The van der Waals surface area contributed by atoms with Gasteiger partial charge in [0.1, 0.15) is 23.3 Å². The molecule has 13 heteroatoms. The number of urea groups is 1. The van der Waals surface area contributed by atoms with Crippen molar-refractivity contribution in [1.82, 2.24) is 10.6 Å². The van der Waals surface area contributed by atoms with Crippen LogP contribution in [0.25, 0.3) is 0 Å². The Balaban J connectivity index is 1.98. The van der Waals surface area contributed by atoms with Crippen LogP contribution in [0.15, 0.2) is 40.7 Å². The van der Waals surface area contributed by atoms with E-state index in [4.69, 9.17) is 20.6 Å². The second-order valence-corrected chi connectivity index (χ2v) is 7.23. The second-order valence-electron chi connectivity index (χ2n) is 7.23. The maximum atomic E-state index is 12.6. The molecule has 1 aromatic rings. The normalized spacial score (nSPS) is 13.9. The van der Waals surface area contributed by atoms with Gasteiger partial charge in [-0.3, -0.25) is 15.0 Å². The first-order valence-corrected chi connectivity index (χ1v) is 10.8. The highest BCUT2D eigenvalue weighted by atomic mass is 16.5. The third-order valence-corrected chi connectivity index (χ3v) is 4.59. The summed E-state index contributed by atoms with van der Waals surface area (Å²) < 4.78 is 9.81. The minimum Gasteiger partial charge on any atom is -0.510 e. The number of aliphatic hydroxyl groups is 1. The van der Waals surface area contributed by atoms with Crippen molar-refractivity contribution in [3.8, 4) is 0 Å². The molecule has 1 heterocycles. The van der Waals surface area contributed by atoms with Gasteiger partial charge in [0.2, 0.25) is 0 Å². The van der Waals surface area contributed by atoms with Crippen LogP contribution in [-0.2, 0) is 19.1 Å². The molecule has 3 amide bonds. The van der Waals surface area contributed by atoms with E-state index in [0.29, 0.717) is 5.69 Å². The molecule has 188 valence electrons. The second kappa shape index (κ2) is 12.7. The Kier molecular flexibility index (Phi) is 9.75. The van der Waals surface area contributed by atoms with E-state index >= 15 is 0 Å². The van der Waals surface area contributed by atoms with Gasteiger partial charge in [0.25, 0.3) is 5.91 Å². The van der Waals surface area contributed by atoms with Crippen molar-refractivity contribution in [3.63, 3.8) is 0 Å². The average Bonchev–Trinajstić information content (AvgIpc) is 2.79. The molecule has 0 saturated heterocycles. The molecular weight excluding hydrogens is 460 g/mol. The molecule has 1 atom stereocenters. The summed E-state index contributed by atoms with van der Waals surface area (Å²) in [7, 11) is 0. The maximum Gasteiger partial charge on any atom is 0.328 e. The number of nitrogens with one attached hydrogen (secondary N) is 4. The van der Waals surface area contributed by atoms with Crippen LogP contribution in [0.3, 0.4) is 0 Å². The Morgan fingerprint density at radius 2 is 1.77 bits per heavy atom. The molecule has 0 saturated carbocycles. The van der Waals surface area contributed by atoms with E-state index < -0.39 is 29.9 Å². The molecule has 0 radical (unpaired) electrons. The van der Waals surface area contributed by atoms with Crippen molar-refractivity contribution in [2.45, 2.75) is 39.2 Å². The molecule has 0 unspecified atom stereocenters. The minimum absolute atomic E-state index is 0.0105. The number of rotatable bonds is 10. The van der Waals surface area contributed by atoms with E-state index in [2.05, 4.69) is 20.9 Å². The first-order chi connectivity index (χ1) is 16.6. The Morgan fingerprint density at radius 1 is 1.11 bits per heavy atom. The number of aliphatic imine (C=N–C) groups is 1. The third-order valence-electron chi connectivity index (χ3n) is 4.59. The number of nitrogens with two attached hydrogens (primary N) is 1. The third kappa shape index (κ3) is 8.14. The van der Waals surface area contributed by atoms with Crippen molar-refractivity contribution in [2.75, 3.05) is 18.5 Å². The molecule has 35 heavy (non-hydrogen) atoms. The lowest BCUT2D eigenvalue weighted by Gasteiger charge is -2.17. The SMILES string of the molecule is CCOC(=O)CC[C@H](NC(=O)c1ccc(NC(=O)NC2=C(O)CC(N)=NC2=N)cc1)C(=O)OCC. The summed E-state index contributed by atoms with van der Waals surface area (Å²) in [6.07, 6.45) is -0.151. The zero-order valence-corrected chi connectivity index (χ0v) is 19.3. The van der Waals surface area contributed by atoms with Crippen LogP contribution in [0.2, 0.25) is 0 Å². The van der Waals surface area contributed by atoms with Crippen LogP contribution in [0.1, 0.15) is 43.5 Å². The largest absolute Gasteiger partial charge is 0.510 e. The Morgan fingerprint density at radius 3 is 2.37 bits per heavy atom. The predicted octanol–water partition coefficient (Wildman–Crippen LogP) is 1.32. The number of amides is 3. The molecule has 1 aromatic carbocycles. The lowest BCUT2D eigenvalue weighted by atomic mass is 10.1. The number of dihydropyridines is 1. The molecule has 0 bridgehead atoms. The van der Waals surface area contributed by atoms with E-state index in [0.717, 1.165) is 0 Å². The summed E-state index contributed by atoms with van der Waals surface area (Å²) in [5.41, 5.74) is 5.82. The van der Waals surface area contributed by atoms with Gasteiger partial charge < -0.3 is 36.3 Å². The van der Waals surface area contributed by atoms with E-state index in [-0.39, 0.29) is 61.2 Å². The zero-order chi connectivity index (χ0) is 26.0. The molecular formula is C22H28N6O7. The monoisotopic (exact) mass is 488 g/mol. The summed E-state index contributed by atoms with van der Waals surface area (Å²) in [6.45, 7) is 3.61. The van der Waals surface area contributed by atoms with Gasteiger partial charge in [0.15, 0.2) is 5.84 Å². The topological polar surface area (TPSA) is 205 Å². The fourth-order valence-corrected chi connectivity index (χ4v) is 2.98. The molecule has 0 fully saturated rings. The van der Waals surface area contributed by atoms with Crippen molar-refractivity contribution < 1.29 is 33.8 Å². The van der Waals surface area contributed by atoms with Crippen LogP contribution in [0, 0.1) is 5.41 Å². The summed E-state index contributed by atoms with van der Waals surface area (Å²) >= 11 is 0. The average molecular weight is 489 g/mol. The van der Waals surface area contributed by atoms with Gasteiger partial charge in [-0.2, -0.15) is 0 Å². The van der Waals surface area contributed by atoms with E-state index in [9.17, 15) is 24.3 Å². The predicted molar refractivity (Wildman–Crippen MR) is 126 cm³/mol. The minimum atomic E-state index is -1.04. The molecule has 2 rings (SSSR count). The standard InChI is InChI=1S/C22H28N6O7/c1-3-34-17(30)10-9-14(21(32)35-4-2)26-20(31)12-5-7-13(8-6-12)25-22(33)28-18-15(29)11-16(23)27-19(18)24/h5-8,14,29H,3-4,9-11H2,1-2H3,(H,26,31)(H3,23,24,27)(H2,25,28,33)/t14-/m0/s1. The number of carbonyl (C=O) groups excluding carboxylic acids is 4. The number of carbonyl (C=O) groups is 4. The number of hydrogen-bond donors (Lipinski definition) is 6.